The molecule has 0 spiro atoms. The Balaban J connectivity index is 2.05. The van der Waals surface area contributed by atoms with E-state index in [0.29, 0.717) is 12.0 Å². The molecule has 6 heteroatoms. The molecular weight excluding hydrogens is 276 g/mol. The van der Waals surface area contributed by atoms with Gasteiger partial charge in [-0.2, -0.15) is 0 Å². The molecule has 0 saturated carbocycles. The first-order valence-electron chi connectivity index (χ1n) is 7.06. The molecule has 3 rings (SSSR count). The van der Waals surface area contributed by atoms with E-state index in [4.69, 9.17) is 14.2 Å². The largest absolute Gasteiger partial charge is 0.504 e. The second kappa shape index (κ2) is 5.11. The fourth-order valence-corrected chi connectivity index (χ4v) is 3.12. The normalized spacial score (nSPS) is 27.0. The van der Waals surface area contributed by atoms with Crippen LogP contribution in [0.5, 0.6) is 17.2 Å². The Labute approximate surface area is 122 Å². The van der Waals surface area contributed by atoms with Crippen LogP contribution >= 0.6 is 0 Å². The average molecular weight is 294 g/mol. The van der Waals surface area contributed by atoms with Crippen molar-refractivity contribution in [3.63, 3.8) is 0 Å². The maximum Gasteiger partial charge on any atom is 0.342 e. The first kappa shape index (κ1) is 14.0. The van der Waals surface area contributed by atoms with Crippen LogP contribution < -0.4 is 4.74 Å². The molecule has 3 atom stereocenters. The van der Waals surface area contributed by atoms with E-state index in [-0.39, 0.29) is 29.3 Å². The van der Waals surface area contributed by atoms with Crippen LogP contribution in [-0.4, -0.2) is 35.5 Å². The van der Waals surface area contributed by atoms with Gasteiger partial charge in [0.25, 0.3) is 0 Å². The van der Waals surface area contributed by atoms with E-state index < -0.39 is 17.8 Å². The van der Waals surface area contributed by atoms with E-state index in [2.05, 4.69) is 6.92 Å². The van der Waals surface area contributed by atoms with E-state index in [1.54, 1.807) is 0 Å². The molecule has 2 N–H and O–H groups in total. The summed E-state index contributed by atoms with van der Waals surface area (Å²) in [6.07, 6.45) is 1.70. The van der Waals surface area contributed by atoms with Crippen LogP contribution in [0, 0.1) is 0 Å². The Hall–Kier alpha value is -1.95. The minimum atomic E-state index is -0.609. The predicted molar refractivity (Wildman–Crippen MR) is 72.7 cm³/mol. The molecule has 1 aromatic rings. The maximum atomic E-state index is 12.1. The maximum absolute atomic E-state index is 12.1. The molecule has 1 fully saturated rings. The molecule has 0 bridgehead atoms. The number of aromatic hydroxyl groups is 2. The highest BCUT2D eigenvalue weighted by atomic mass is 16.6. The SMILES string of the molecule is CCC[C@H]1C[C@H]2OC(=O)c3c(cc(O)c(OC)c3O)[C@H]2O1. The standard InChI is InChI=1S/C15H18O6/c1-3-4-7-5-10-13(20-7)8-6-9(16)14(19-2)12(17)11(8)15(18)21-10/h6-7,10,13,16-17H,3-5H2,1-2H3/t7-,10+,13+/m0/s1. The van der Waals surface area contributed by atoms with Gasteiger partial charge in [0.2, 0.25) is 5.75 Å². The van der Waals surface area contributed by atoms with Crippen LogP contribution in [0.2, 0.25) is 0 Å². The Kier molecular flexibility index (Phi) is 3.41. The second-order valence-corrected chi connectivity index (χ2v) is 5.39. The third kappa shape index (κ3) is 2.10. The van der Waals surface area contributed by atoms with E-state index >= 15 is 0 Å². The van der Waals surface area contributed by atoms with Crippen LogP contribution in [0.3, 0.4) is 0 Å². The molecule has 6 nitrogen and oxygen atoms in total. The summed E-state index contributed by atoms with van der Waals surface area (Å²) in [5.41, 5.74) is 0.480. The quantitative estimate of drug-likeness (QED) is 0.832. The molecule has 0 aromatic heterocycles. The Morgan fingerprint density at radius 2 is 2.19 bits per heavy atom. The van der Waals surface area contributed by atoms with Crippen molar-refractivity contribution in [3.05, 3.63) is 17.2 Å². The summed E-state index contributed by atoms with van der Waals surface area (Å²) in [5, 5.41) is 20.1. The number of fused-ring (bicyclic) bond motifs is 3. The lowest BCUT2D eigenvalue weighted by molar-refractivity contribution is -0.0235. The van der Waals surface area contributed by atoms with Crippen LogP contribution in [0.25, 0.3) is 0 Å². The summed E-state index contributed by atoms with van der Waals surface area (Å²) in [5.74, 6) is -1.36. The minimum Gasteiger partial charge on any atom is -0.504 e. The third-order valence-electron chi connectivity index (χ3n) is 4.02. The fourth-order valence-electron chi connectivity index (χ4n) is 3.12. The van der Waals surface area contributed by atoms with E-state index in [1.807, 2.05) is 0 Å². The van der Waals surface area contributed by atoms with Gasteiger partial charge in [0.1, 0.15) is 17.8 Å². The van der Waals surface area contributed by atoms with Crippen molar-refractivity contribution in [1.29, 1.82) is 0 Å². The van der Waals surface area contributed by atoms with Gasteiger partial charge in [0.15, 0.2) is 11.5 Å². The molecule has 1 aromatic carbocycles. The van der Waals surface area contributed by atoms with E-state index in [1.165, 1.54) is 13.2 Å². The number of hydrogen-bond donors (Lipinski definition) is 2. The number of phenols is 2. The Morgan fingerprint density at radius 1 is 1.43 bits per heavy atom. The van der Waals surface area contributed by atoms with Crippen LogP contribution in [0.15, 0.2) is 6.07 Å². The fraction of sp³-hybridized carbons (Fsp3) is 0.533. The highest BCUT2D eigenvalue weighted by Crippen LogP contribution is 2.49. The number of esters is 1. The summed E-state index contributed by atoms with van der Waals surface area (Å²) in [6, 6.07) is 1.42. The number of carbonyl (C=O) groups is 1. The van der Waals surface area contributed by atoms with E-state index in [9.17, 15) is 15.0 Å². The topological polar surface area (TPSA) is 85.2 Å². The number of ether oxygens (including phenoxy) is 3. The van der Waals surface area contributed by atoms with Gasteiger partial charge in [-0.25, -0.2) is 4.79 Å². The Bertz CT molecular complexity index is 582. The zero-order valence-corrected chi connectivity index (χ0v) is 12.0. The molecule has 21 heavy (non-hydrogen) atoms. The number of hydrogen-bond acceptors (Lipinski definition) is 6. The predicted octanol–water partition coefficient (Wildman–Crippen LogP) is 2.28. The summed E-state index contributed by atoms with van der Waals surface area (Å²) in [7, 11) is 1.31. The van der Waals surface area contributed by atoms with Crippen molar-refractivity contribution in [2.24, 2.45) is 0 Å². The molecule has 1 saturated heterocycles. The lowest BCUT2D eigenvalue weighted by atomic mass is 9.93. The van der Waals surface area contributed by atoms with Crippen LogP contribution in [0.4, 0.5) is 0 Å². The minimum absolute atomic E-state index is 0.0167. The lowest BCUT2D eigenvalue weighted by Crippen LogP contribution is -2.29. The zero-order valence-electron chi connectivity index (χ0n) is 12.0. The van der Waals surface area contributed by atoms with Crippen LogP contribution in [0.1, 0.15) is 48.2 Å². The molecule has 0 unspecified atom stereocenters. The summed E-state index contributed by atoms with van der Waals surface area (Å²) in [4.78, 5) is 12.1. The molecule has 2 aliphatic heterocycles. The molecule has 0 aliphatic carbocycles. The number of rotatable bonds is 3. The molecule has 114 valence electrons. The van der Waals surface area contributed by atoms with Gasteiger partial charge >= 0.3 is 5.97 Å². The third-order valence-corrected chi connectivity index (χ3v) is 4.02. The lowest BCUT2D eigenvalue weighted by Gasteiger charge is -2.28. The molecule has 0 radical (unpaired) electrons. The van der Waals surface area contributed by atoms with Crippen molar-refractivity contribution in [2.45, 2.75) is 44.5 Å². The van der Waals surface area contributed by atoms with Crippen molar-refractivity contribution in [3.8, 4) is 17.2 Å². The highest BCUT2D eigenvalue weighted by Gasteiger charge is 2.46. The first-order chi connectivity index (χ1) is 10.1. The monoisotopic (exact) mass is 294 g/mol. The van der Waals surface area contributed by atoms with Gasteiger partial charge in [-0.1, -0.05) is 13.3 Å². The van der Waals surface area contributed by atoms with Gasteiger partial charge < -0.3 is 24.4 Å². The molecule has 0 amide bonds. The van der Waals surface area contributed by atoms with Gasteiger partial charge in [-0.3, -0.25) is 0 Å². The summed E-state index contributed by atoms with van der Waals surface area (Å²) < 4.78 is 16.2. The van der Waals surface area contributed by atoms with Gasteiger partial charge in [-0.05, 0) is 12.5 Å². The van der Waals surface area contributed by atoms with Gasteiger partial charge in [-0.15, -0.1) is 0 Å². The van der Waals surface area contributed by atoms with Gasteiger partial charge in [0, 0.05) is 12.0 Å². The van der Waals surface area contributed by atoms with Crippen molar-refractivity contribution in [1.82, 2.24) is 0 Å². The smallest absolute Gasteiger partial charge is 0.342 e. The zero-order chi connectivity index (χ0) is 15.1. The van der Waals surface area contributed by atoms with Crippen LogP contribution in [-0.2, 0) is 9.47 Å². The van der Waals surface area contributed by atoms with Gasteiger partial charge in [0.05, 0.1) is 13.2 Å². The average Bonchev–Trinajstić information content (AvgIpc) is 2.81. The van der Waals surface area contributed by atoms with Crippen molar-refractivity contribution < 1.29 is 29.2 Å². The summed E-state index contributed by atoms with van der Waals surface area (Å²) >= 11 is 0. The number of phenolic OH excluding ortho intramolecular Hbond substituents is 2. The molecule has 2 heterocycles. The number of benzene rings is 1. The number of methoxy groups -OCH3 is 1. The van der Waals surface area contributed by atoms with Crippen molar-refractivity contribution >= 4 is 5.97 Å². The summed E-state index contributed by atoms with van der Waals surface area (Å²) in [6.45, 7) is 2.06. The second-order valence-electron chi connectivity index (χ2n) is 5.39. The van der Waals surface area contributed by atoms with Crippen molar-refractivity contribution in [2.75, 3.05) is 7.11 Å². The molecule has 2 aliphatic rings. The highest BCUT2D eigenvalue weighted by molar-refractivity contribution is 5.97. The first-order valence-corrected chi connectivity index (χ1v) is 7.06. The Morgan fingerprint density at radius 3 is 2.86 bits per heavy atom. The molecular formula is C15H18O6. The van der Waals surface area contributed by atoms with E-state index in [0.717, 1.165) is 12.8 Å². The number of carbonyl (C=O) groups excluding carboxylic acids is 1.